The predicted octanol–water partition coefficient (Wildman–Crippen LogP) is 3.65. The van der Waals surface area contributed by atoms with Crippen LogP contribution in [0.4, 0.5) is 0 Å². The van der Waals surface area contributed by atoms with E-state index in [9.17, 15) is 19.4 Å². The van der Waals surface area contributed by atoms with Gasteiger partial charge in [0, 0.05) is 6.42 Å². The Balaban J connectivity index is 3.89. The number of hydrogen-bond donors (Lipinski definition) is 2. The molecule has 9 heteroatoms. The Morgan fingerprint density at radius 2 is 1.52 bits per heavy atom. The van der Waals surface area contributed by atoms with Crippen LogP contribution < -0.4 is 0 Å². The molecule has 0 fully saturated rings. The maximum Gasteiger partial charge on any atom is 0.472 e. The highest BCUT2D eigenvalue weighted by Gasteiger charge is 2.25. The number of unbranched alkanes of at least 4 members (excludes halogenated alkanes) is 8. The first-order valence-corrected chi connectivity index (χ1v) is 12.3. The van der Waals surface area contributed by atoms with E-state index in [1.165, 1.54) is 38.5 Å². The third kappa shape index (κ3) is 19.2. The van der Waals surface area contributed by atoms with Gasteiger partial charge in [-0.3, -0.25) is 13.8 Å². The van der Waals surface area contributed by atoms with Crippen LogP contribution in [-0.4, -0.2) is 74.1 Å². The number of esters is 1. The number of nitrogens with zero attached hydrogens (tertiary/aromatic N) is 1. The van der Waals surface area contributed by atoms with E-state index in [0.29, 0.717) is 11.0 Å². The van der Waals surface area contributed by atoms with E-state index >= 15 is 0 Å². The van der Waals surface area contributed by atoms with Gasteiger partial charge in [0.05, 0.1) is 34.4 Å². The summed E-state index contributed by atoms with van der Waals surface area (Å²) < 4.78 is 27.3. The van der Waals surface area contributed by atoms with Gasteiger partial charge in [-0.2, -0.15) is 0 Å². The van der Waals surface area contributed by atoms with E-state index < -0.39 is 33.1 Å². The van der Waals surface area contributed by atoms with Crippen LogP contribution in [0.3, 0.4) is 0 Å². The molecule has 2 N–H and O–H groups in total. The molecule has 0 saturated heterocycles. The third-order valence-corrected chi connectivity index (χ3v) is 5.41. The third-order valence-electron chi connectivity index (χ3n) is 4.43. The molecule has 1 unspecified atom stereocenters. The van der Waals surface area contributed by atoms with E-state index in [2.05, 4.69) is 6.92 Å². The number of rotatable bonds is 19. The van der Waals surface area contributed by atoms with Gasteiger partial charge in [-0.15, -0.1) is 0 Å². The molecule has 0 aromatic carbocycles. The van der Waals surface area contributed by atoms with Gasteiger partial charge in [-0.25, -0.2) is 4.57 Å². The average Bonchev–Trinajstić information content (AvgIpc) is 2.62. The summed E-state index contributed by atoms with van der Waals surface area (Å²) >= 11 is 0. The van der Waals surface area contributed by atoms with Gasteiger partial charge in [0.25, 0.3) is 0 Å². The first-order valence-electron chi connectivity index (χ1n) is 10.8. The molecule has 0 aromatic heterocycles. The summed E-state index contributed by atoms with van der Waals surface area (Å²) in [6.45, 7) is 1.92. The molecular formula is C20H43NO7P+. The SMILES string of the molecule is CCCCCCCCCCCC(=O)O[C@H](CO)COP(=O)(O)OCC[N+](C)(C)C. The summed E-state index contributed by atoms with van der Waals surface area (Å²) in [5.41, 5.74) is 0. The minimum atomic E-state index is -4.25. The number of aliphatic hydroxyl groups excluding tert-OH is 1. The van der Waals surface area contributed by atoms with E-state index in [1.807, 2.05) is 21.1 Å². The van der Waals surface area contributed by atoms with Gasteiger partial charge in [0.1, 0.15) is 19.3 Å². The van der Waals surface area contributed by atoms with Crippen molar-refractivity contribution >= 4 is 13.8 Å². The number of likely N-dealkylation sites (N-methyl/N-ethyl adjacent to an activating group) is 1. The molecule has 0 heterocycles. The summed E-state index contributed by atoms with van der Waals surface area (Å²) in [7, 11) is 1.55. The molecule has 0 aromatic rings. The van der Waals surface area contributed by atoms with Gasteiger partial charge >= 0.3 is 13.8 Å². The van der Waals surface area contributed by atoms with Crippen molar-refractivity contribution in [1.82, 2.24) is 0 Å². The minimum absolute atomic E-state index is 0.0550. The molecule has 29 heavy (non-hydrogen) atoms. The van der Waals surface area contributed by atoms with Crippen molar-refractivity contribution in [1.29, 1.82) is 0 Å². The Hall–Kier alpha value is -0.500. The van der Waals surface area contributed by atoms with E-state index in [1.54, 1.807) is 0 Å². The minimum Gasteiger partial charge on any atom is -0.457 e. The summed E-state index contributed by atoms with van der Waals surface area (Å²) in [6, 6.07) is 0. The lowest BCUT2D eigenvalue weighted by atomic mass is 10.1. The molecule has 0 bridgehead atoms. The normalized spacial score (nSPS) is 15.1. The highest BCUT2D eigenvalue weighted by Crippen LogP contribution is 2.43. The largest absolute Gasteiger partial charge is 0.472 e. The van der Waals surface area contributed by atoms with Crippen molar-refractivity contribution in [3.63, 3.8) is 0 Å². The lowest BCUT2D eigenvalue weighted by Gasteiger charge is -2.24. The van der Waals surface area contributed by atoms with Crippen LogP contribution >= 0.6 is 7.82 Å². The zero-order valence-corrected chi connectivity index (χ0v) is 19.7. The monoisotopic (exact) mass is 440 g/mol. The highest BCUT2D eigenvalue weighted by molar-refractivity contribution is 7.47. The Kier molecular flexibility index (Phi) is 15.9. The smallest absolute Gasteiger partial charge is 0.457 e. The van der Waals surface area contributed by atoms with Crippen molar-refractivity contribution in [2.75, 3.05) is 47.5 Å². The zero-order valence-electron chi connectivity index (χ0n) is 18.8. The topological polar surface area (TPSA) is 102 Å². The number of phosphoric acid groups is 1. The Morgan fingerprint density at radius 3 is 2.03 bits per heavy atom. The standard InChI is InChI=1S/C20H42NO7P/c1-5-6-7-8-9-10-11-12-13-14-20(23)28-19(17-22)18-27-29(24,25)26-16-15-21(2,3)4/h19,22H,5-18H2,1-4H3/p+1/t19-/m1/s1. The fourth-order valence-electron chi connectivity index (χ4n) is 2.59. The Labute approximate surface area is 176 Å². The molecule has 0 aliphatic rings. The number of carbonyl (C=O) groups is 1. The number of carbonyl (C=O) groups excluding carboxylic acids is 1. The first kappa shape index (κ1) is 28.5. The fourth-order valence-corrected chi connectivity index (χ4v) is 3.34. The summed E-state index contributed by atoms with van der Waals surface area (Å²) in [5.74, 6) is -0.436. The molecule has 0 amide bonds. The maximum atomic E-state index is 11.9. The number of hydrogen-bond acceptors (Lipinski definition) is 6. The summed E-state index contributed by atoms with van der Waals surface area (Å²) in [6.07, 6.45) is 9.65. The van der Waals surface area contributed by atoms with E-state index in [4.69, 9.17) is 13.8 Å². The van der Waals surface area contributed by atoms with Crippen LogP contribution in [0.25, 0.3) is 0 Å². The van der Waals surface area contributed by atoms with Crippen LogP contribution in [0.1, 0.15) is 71.1 Å². The van der Waals surface area contributed by atoms with Crippen LogP contribution in [0.5, 0.6) is 0 Å². The van der Waals surface area contributed by atoms with Gasteiger partial charge < -0.3 is 19.2 Å². The number of quaternary nitrogens is 1. The lowest BCUT2D eigenvalue weighted by molar-refractivity contribution is -0.870. The van der Waals surface area contributed by atoms with Crippen molar-refractivity contribution in [2.45, 2.75) is 77.2 Å². The van der Waals surface area contributed by atoms with Crippen LogP contribution in [0.15, 0.2) is 0 Å². The Morgan fingerprint density at radius 1 is 0.966 bits per heavy atom. The Bertz CT molecular complexity index is 468. The van der Waals surface area contributed by atoms with Gasteiger partial charge in [-0.1, -0.05) is 58.3 Å². The quantitative estimate of drug-likeness (QED) is 0.137. The van der Waals surface area contributed by atoms with E-state index in [-0.39, 0.29) is 13.0 Å². The van der Waals surface area contributed by atoms with Gasteiger partial charge in [0.15, 0.2) is 0 Å². The molecule has 0 saturated carbocycles. The highest BCUT2D eigenvalue weighted by atomic mass is 31.2. The molecular weight excluding hydrogens is 397 g/mol. The summed E-state index contributed by atoms with van der Waals surface area (Å²) in [5, 5.41) is 9.31. The molecule has 2 atom stereocenters. The second kappa shape index (κ2) is 16.2. The molecule has 174 valence electrons. The van der Waals surface area contributed by atoms with Crippen molar-refractivity contribution < 1.29 is 37.6 Å². The van der Waals surface area contributed by atoms with Crippen molar-refractivity contribution in [3.05, 3.63) is 0 Å². The van der Waals surface area contributed by atoms with Crippen molar-refractivity contribution in [2.24, 2.45) is 0 Å². The van der Waals surface area contributed by atoms with Crippen LogP contribution in [0, 0.1) is 0 Å². The average molecular weight is 441 g/mol. The maximum absolute atomic E-state index is 11.9. The number of phosphoric ester groups is 1. The van der Waals surface area contributed by atoms with E-state index in [0.717, 1.165) is 19.3 Å². The summed E-state index contributed by atoms with van der Waals surface area (Å²) in [4.78, 5) is 21.5. The first-order chi connectivity index (χ1) is 13.6. The van der Waals surface area contributed by atoms with Gasteiger partial charge in [-0.05, 0) is 6.42 Å². The molecule has 8 nitrogen and oxygen atoms in total. The van der Waals surface area contributed by atoms with Crippen molar-refractivity contribution in [3.8, 4) is 0 Å². The molecule has 0 rings (SSSR count). The zero-order chi connectivity index (χ0) is 22.2. The second-order valence-corrected chi connectivity index (χ2v) is 9.94. The van der Waals surface area contributed by atoms with Crippen LogP contribution in [0.2, 0.25) is 0 Å². The molecule has 0 radical (unpaired) electrons. The molecule has 0 aliphatic heterocycles. The number of aliphatic hydroxyl groups is 1. The molecule has 0 aliphatic carbocycles. The fraction of sp³-hybridized carbons (Fsp3) is 0.950. The van der Waals surface area contributed by atoms with Crippen LogP contribution in [-0.2, 0) is 23.1 Å². The predicted molar refractivity (Wildman–Crippen MR) is 113 cm³/mol. The lowest BCUT2D eigenvalue weighted by Crippen LogP contribution is -2.37. The molecule has 0 spiro atoms. The second-order valence-electron chi connectivity index (χ2n) is 8.48. The van der Waals surface area contributed by atoms with Gasteiger partial charge in [0.2, 0.25) is 0 Å². The number of ether oxygens (including phenoxy) is 1.